The van der Waals surface area contributed by atoms with Crippen molar-refractivity contribution in [1.29, 1.82) is 0 Å². The molecule has 9 nitrogen and oxygen atoms in total. The number of fused-ring (bicyclic) bond motifs is 7. The first kappa shape index (κ1) is 19.4. The molecule has 32 heavy (non-hydrogen) atoms. The van der Waals surface area contributed by atoms with Crippen LogP contribution in [-0.2, 0) is 19.9 Å². The van der Waals surface area contributed by atoms with Gasteiger partial charge in [0, 0.05) is 23.7 Å². The van der Waals surface area contributed by atoms with Crippen LogP contribution in [0.3, 0.4) is 0 Å². The second kappa shape index (κ2) is 6.36. The van der Waals surface area contributed by atoms with Crippen LogP contribution in [0.2, 0.25) is 5.02 Å². The van der Waals surface area contributed by atoms with Gasteiger partial charge >= 0.3 is 0 Å². The number of nitrogens with zero attached hydrogens (tertiary/aromatic N) is 3. The molecule has 4 atom stereocenters. The number of nitro groups is 1. The van der Waals surface area contributed by atoms with E-state index in [1.54, 1.807) is 18.2 Å². The van der Waals surface area contributed by atoms with Crippen molar-refractivity contribution in [1.82, 2.24) is 4.90 Å². The maximum absolute atomic E-state index is 13.8. The van der Waals surface area contributed by atoms with E-state index >= 15 is 0 Å². The highest BCUT2D eigenvalue weighted by Gasteiger charge is 2.74. The number of anilines is 2. The molecule has 0 radical (unpaired) electrons. The van der Waals surface area contributed by atoms with Gasteiger partial charge in [-0.05, 0) is 31.5 Å². The van der Waals surface area contributed by atoms with Gasteiger partial charge in [-0.25, -0.2) is 4.90 Å². The van der Waals surface area contributed by atoms with Crippen molar-refractivity contribution >= 4 is 46.4 Å². The van der Waals surface area contributed by atoms with Crippen molar-refractivity contribution in [2.45, 2.75) is 24.4 Å². The number of nitro benzene ring substituents is 1. The second-order valence-corrected chi connectivity index (χ2v) is 8.99. The van der Waals surface area contributed by atoms with Gasteiger partial charge < -0.3 is 5.32 Å². The molecule has 1 spiro atoms. The third-order valence-electron chi connectivity index (χ3n) is 7.28. The first-order chi connectivity index (χ1) is 15.4. The maximum Gasteiger partial charge on any atom is 0.271 e. The summed E-state index contributed by atoms with van der Waals surface area (Å²) in [5.41, 5.74) is -0.314. The Labute approximate surface area is 187 Å². The van der Waals surface area contributed by atoms with Gasteiger partial charge in [-0.2, -0.15) is 0 Å². The number of carbonyl (C=O) groups excluding carboxylic acids is 3. The van der Waals surface area contributed by atoms with E-state index in [4.69, 9.17) is 11.6 Å². The first-order valence-electron chi connectivity index (χ1n) is 10.4. The Morgan fingerprint density at radius 2 is 1.91 bits per heavy atom. The molecule has 0 aliphatic carbocycles. The maximum atomic E-state index is 13.8. The minimum Gasteiger partial charge on any atom is -0.323 e. The SMILES string of the molecule is O=C1C2C3CCCN3C3(C(=O)Nc4c(Cl)cccc43)C2C(=O)N1c1cccc([N+](=O)[O-])c1. The third-order valence-corrected chi connectivity index (χ3v) is 7.59. The van der Waals surface area contributed by atoms with E-state index in [1.807, 2.05) is 4.90 Å². The van der Waals surface area contributed by atoms with E-state index < -0.39 is 34.1 Å². The molecule has 0 aromatic heterocycles. The lowest BCUT2D eigenvalue weighted by Crippen LogP contribution is -2.54. The van der Waals surface area contributed by atoms with E-state index in [2.05, 4.69) is 5.32 Å². The summed E-state index contributed by atoms with van der Waals surface area (Å²) < 4.78 is 0. The molecule has 4 aliphatic heterocycles. The average molecular weight is 453 g/mol. The van der Waals surface area contributed by atoms with Crippen LogP contribution in [-0.4, -0.2) is 40.1 Å². The van der Waals surface area contributed by atoms with Crippen molar-refractivity contribution in [3.8, 4) is 0 Å². The summed E-state index contributed by atoms with van der Waals surface area (Å²) in [6, 6.07) is 10.4. The van der Waals surface area contributed by atoms with Crippen LogP contribution in [0.25, 0.3) is 0 Å². The Bertz CT molecular complexity index is 1250. The summed E-state index contributed by atoms with van der Waals surface area (Å²) in [6.45, 7) is 0.592. The lowest BCUT2D eigenvalue weighted by Gasteiger charge is -2.36. The van der Waals surface area contributed by atoms with Gasteiger partial charge in [0.15, 0.2) is 0 Å². The van der Waals surface area contributed by atoms with Gasteiger partial charge in [0.1, 0.15) is 5.54 Å². The highest BCUT2D eigenvalue weighted by molar-refractivity contribution is 6.35. The second-order valence-electron chi connectivity index (χ2n) is 8.58. The normalized spacial score (nSPS) is 30.6. The van der Waals surface area contributed by atoms with Gasteiger partial charge in [-0.3, -0.25) is 29.4 Å². The molecule has 4 heterocycles. The van der Waals surface area contributed by atoms with Crippen molar-refractivity contribution in [3.05, 3.63) is 63.2 Å². The van der Waals surface area contributed by atoms with Gasteiger partial charge in [-0.15, -0.1) is 0 Å². The molecule has 4 aliphatic rings. The molecular formula is C22H17ClN4O5. The minimum atomic E-state index is -1.33. The van der Waals surface area contributed by atoms with E-state index in [0.29, 0.717) is 29.2 Å². The molecule has 2 aromatic carbocycles. The Kier molecular flexibility index (Phi) is 3.86. The Hall–Kier alpha value is -3.30. The number of nitrogens with one attached hydrogen (secondary N) is 1. The van der Waals surface area contributed by atoms with E-state index in [-0.39, 0.29) is 23.3 Å². The van der Waals surface area contributed by atoms with Crippen LogP contribution >= 0.6 is 11.6 Å². The summed E-state index contributed by atoms with van der Waals surface area (Å²) in [6.07, 6.45) is 1.49. The molecule has 10 heteroatoms. The number of hydrogen-bond donors (Lipinski definition) is 1. The zero-order valence-electron chi connectivity index (χ0n) is 16.7. The van der Waals surface area contributed by atoms with Crippen LogP contribution < -0.4 is 10.2 Å². The molecule has 0 bridgehead atoms. The molecule has 3 amide bonds. The highest BCUT2D eigenvalue weighted by Crippen LogP contribution is 2.61. The topological polar surface area (TPSA) is 113 Å². The van der Waals surface area contributed by atoms with Gasteiger partial charge in [0.25, 0.3) is 11.6 Å². The van der Waals surface area contributed by atoms with Crippen LogP contribution in [0, 0.1) is 22.0 Å². The fourth-order valence-corrected chi connectivity index (χ4v) is 6.42. The number of amides is 3. The quantitative estimate of drug-likeness (QED) is 0.426. The number of para-hydroxylation sites is 1. The Morgan fingerprint density at radius 3 is 2.69 bits per heavy atom. The van der Waals surface area contributed by atoms with E-state index in [0.717, 1.165) is 11.3 Å². The smallest absolute Gasteiger partial charge is 0.271 e. The molecule has 6 rings (SSSR count). The summed E-state index contributed by atoms with van der Waals surface area (Å²) in [7, 11) is 0. The van der Waals surface area contributed by atoms with Crippen molar-refractivity contribution in [3.63, 3.8) is 0 Å². The van der Waals surface area contributed by atoms with Crippen LogP contribution in [0.15, 0.2) is 42.5 Å². The summed E-state index contributed by atoms with van der Waals surface area (Å²) in [4.78, 5) is 54.6. The van der Waals surface area contributed by atoms with Gasteiger partial charge in [0.2, 0.25) is 11.8 Å². The van der Waals surface area contributed by atoms with Gasteiger partial charge in [-0.1, -0.05) is 29.8 Å². The van der Waals surface area contributed by atoms with Gasteiger partial charge in [0.05, 0.1) is 33.2 Å². The largest absolute Gasteiger partial charge is 0.323 e. The molecule has 4 unspecified atom stereocenters. The predicted octanol–water partition coefficient (Wildman–Crippen LogP) is 2.68. The first-order valence-corrected chi connectivity index (χ1v) is 10.7. The number of hydrogen-bond acceptors (Lipinski definition) is 6. The molecule has 0 saturated carbocycles. The zero-order chi connectivity index (χ0) is 22.4. The number of non-ortho nitro benzene ring substituents is 1. The predicted molar refractivity (Wildman–Crippen MR) is 114 cm³/mol. The fraction of sp³-hybridized carbons (Fsp3) is 0.318. The minimum absolute atomic E-state index is 0.146. The van der Waals surface area contributed by atoms with Crippen molar-refractivity contribution in [2.75, 3.05) is 16.8 Å². The number of imide groups is 1. The average Bonchev–Trinajstić information content (AvgIpc) is 3.47. The standard InChI is InChI=1S/C22H17ClN4O5/c23-14-7-2-6-13-18(14)24-21(30)22(13)17-16(15-8-3-9-25(15)22)19(28)26(20(17)29)11-4-1-5-12(10-11)27(31)32/h1-2,4-7,10,15-17H,3,8-9H2,(H,24,30). The van der Waals surface area contributed by atoms with E-state index in [9.17, 15) is 24.5 Å². The third kappa shape index (κ3) is 2.14. The van der Waals surface area contributed by atoms with Crippen molar-refractivity contribution in [2.24, 2.45) is 11.8 Å². The Balaban J connectivity index is 1.54. The van der Waals surface area contributed by atoms with E-state index in [1.165, 1.54) is 24.3 Å². The zero-order valence-corrected chi connectivity index (χ0v) is 17.4. The van der Waals surface area contributed by atoms with Crippen LogP contribution in [0.5, 0.6) is 0 Å². The lowest BCUT2D eigenvalue weighted by atomic mass is 9.75. The number of halogens is 1. The van der Waals surface area contributed by atoms with Crippen molar-refractivity contribution < 1.29 is 19.3 Å². The lowest BCUT2D eigenvalue weighted by molar-refractivity contribution is -0.384. The van der Waals surface area contributed by atoms with Crippen LogP contribution in [0.1, 0.15) is 18.4 Å². The summed E-state index contributed by atoms with van der Waals surface area (Å²) in [5, 5.41) is 14.5. The molecule has 3 saturated heterocycles. The summed E-state index contributed by atoms with van der Waals surface area (Å²) >= 11 is 6.36. The number of carbonyl (C=O) groups is 3. The molecule has 3 fully saturated rings. The monoisotopic (exact) mass is 452 g/mol. The molecule has 2 aromatic rings. The summed E-state index contributed by atoms with van der Waals surface area (Å²) in [5.74, 6) is -2.93. The Morgan fingerprint density at radius 1 is 1.12 bits per heavy atom. The number of rotatable bonds is 2. The fourth-order valence-electron chi connectivity index (χ4n) is 6.19. The van der Waals surface area contributed by atoms with Crippen LogP contribution in [0.4, 0.5) is 17.1 Å². The molecular weight excluding hydrogens is 436 g/mol. The molecule has 1 N–H and O–H groups in total. The number of benzene rings is 2. The highest BCUT2D eigenvalue weighted by atomic mass is 35.5. The molecule has 162 valence electrons.